The molecule has 1 aliphatic heterocycles. The van der Waals surface area contributed by atoms with Gasteiger partial charge in [-0.25, -0.2) is 4.98 Å². The number of fused-ring (bicyclic) bond motifs is 1. The van der Waals surface area contributed by atoms with Gasteiger partial charge in [0.1, 0.15) is 5.82 Å². The first-order chi connectivity index (χ1) is 9.75. The highest BCUT2D eigenvalue weighted by Crippen LogP contribution is 2.15. The lowest BCUT2D eigenvalue weighted by Gasteiger charge is -2.21. The van der Waals surface area contributed by atoms with E-state index in [0.717, 1.165) is 42.8 Å². The van der Waals surface area contributed by atoms with Crippen LogP contribution in [-0.4, -0.2) is 28.5 Å². The molecule has 2 aromatic rings. The summed E-state index contributed by atoms with van der Waals surface area (Å²) < 4.78 is 2.04. The molecule has 0 bridgehead atoms. The Morgan fingerprint density at radius 2 is 2.00 bits per heavy atom. The number of aryl methyl sites for hydroxylation is 1. The van der Waals surface area contributed by atoms with E-state index in [-0.39, 0.29) is 36.6 Å². The summed E-state index contributed by atoms with van der Waals surface area (Å²) in [4.78, 5) is 16.7. The molecule has 1 aromatic heterocycles. The summed E-state index contributed by atoms with van der Waals surface area (Å²) in [5.74, 6) is 1.19. The Bertz CT molecular complexity index is 623. The zero-order valence-electron chi connectivity index (χ0n) is 12.5. The molecule has 0 unspecified atom stereocenters. The topological polar surface area (TPSA) is 59.0 Å². The number of aromatic nitrogens is 2. The standard InChI is InChI=1S/C15H20N4O.2ClH/c1-19-13-5-3-2-4-12(13)18-14(19)10-17-15(20)11-6-8-16-9-7-11;;/h2-5,11,16H,6-10H2,1H3,(H,17,20);2*1H. The minimum atomic E-state index is 0. The van der Waals surface area contributed by atoms with Crippen molar-refractivity contribution in [1.82, 2.24) is 20.2 Å². The Morgan fingerprint density at radius 3 is 2.68 bits per heavy atom. The number of rotatable bonds is 3. The fourth-order valence-electron chi connectivity index (χ4n) is 2.75. The monoisotopic (exact) mass is 344 g/mol. The van der Waals surface area contributed by atoms with Crippen LogP contribution in [-0.2, 0) is 18.4 Å². The molecule has 1 aromatic carbocycles. The fourth-order valence-corrected chi connectivity index (χ4v) is 2.75. The van der Waals surface area contributed by atoms with E-state index in [4.69, 9.17) is 0 Å². The Kier molecular flexibility index (Phi) is 7.13. The maximum atomic E-state index is 12.1. The number of amides is 1. The number of nitrogens with zero attached hydrogens (tertiary/aromatic N) is 2. The first-order valence-electron chi connectivity index (χ1n) is 7.14. The molecule has 3 rings (SSSR count). The van der Waals surface area contributed by atoms with Crippen molar-refractivity contribution < 1.29 is 4.79 Å². The second-order valence-corrected chi connectivity index (χ2v) is 5.32. The van der Waals surface area contributed by atoms with Crippen molar-refractivity contribution in [3.63, 3.8) is 0 Å². The van der Waals surface area contributed by atoms with Crippen molar-refractivity contribution in [2.24, 2.45) is 13.0 Å². The van der Waals surface area contributed by atoms with Gasteiger partial charge >= 0.3 is 0 Å². The van der Waals surface area contributed by atoms with Crippen LogP contribution in [0.4, 0.5) is 0 Å². The molecule has 0 radical (unpaired) electrons. The van der Waals surface area contributed by atoms with Gasteiger partial charge in [0.25, 0.3) is 0 Å². The lowest BCUT2D eigenvalue weighted by atomic mass is 9.97. The maximum absolute atomic E-state index is 12.1. The second kappa shape index (κ2) is 8.36. The van der Waals surface area contributed by atoms with Crippen LogP contribution in [0.25, 0.3) is 11.0 Å². The molecule has 0 saturated carbocycles. The van der Waals surface area contributed by atoms with E-state index < -0.39 is 0 Å². The van der Waals surface area contributed by atoms with Gasteiger partial charge in [-0.3, -0.25) is 4.79 Å². The molecule has 0 atom stereocenters. The largest absolute Gasteiger partial charge is 0.349 e. The number of benzene rings is 1. The SMILES string of the molecule is Cl.Cl.Cn1c(CNC(=O)C2CCNCC2)nc2ccccc21. The van der Waals surface area contributed by atoms with E-state index in [9.17, 15) is 4.79 Å². The van der Waals surface area contributed by atoms with Crippen LogP contribution in [0.2, 0.25) is 0 Å². The van der Waals surface area contributed by atoms with Crippen LogP contribution in [0.15, 0.2) is 24.3 Å². The van der Waals surface area contributed by atoms with Crippen molar-refractivity contribution in [2.75, 3.05) is 13.1 Å². The van der Waals surface area contributed by atoms with Crippen LogP contribution in [0.5, 0.6) is 0 Å². The molecule has 1 aliphatic rings. The van der Waals surface area contributed by atoms with Gasteiger partial charge in [-0.2, -0.15) is 0 Å². The summed E-state index contributed by atoms with van der Waals surface area (Å²) in [5.41, 5.74) is 2.07. The number of piperidine rings is 1. The highest BCUT2D eigenvalue weighted by Gasteiger charge is 2.20. The molecule has 1 fully saturated rings. The molecule has 2 N–H and O–H groups in total. The van der Waals surface area contributed by atoms with Crippen molar-refractivity contribution in [2.45, 2.75) is 19.4 Å². The number of carbonyl (C=O) groups is 1. The van der Waals surface area contributed by atoms with Gasteiger partial charge < -0.3 is 15.2 Å². The average Bonchev–Trinajstić information content (AvgIpc) is 2.83. The Balaban J connectivity index is 0.00000121. The van der Waals surface area contributed by atoms with E-state index in [2.05, 4.69) is 15.6 Å². The third-order valence-corrected chi connectivity index (χ3v) is 4.01. The maximum Gasteiger partial charge on any atom is 0.223 e. The number of hydrogen-bond acceptors (Lipinski definition) is 3. The molecule has 2 heterocycles. The lowest BCUT2D eigenvalue weighted by Crippen LogP contribution is -2.38. The minimum absolute atomic E-state index is 0. The number of para-hydroxylation sites is 2. The Morgan fingerprint density at radius 1 is 1.32 bits per heavy atom. The van der Waals surface area contributed by atoms with E-state index in [1.807, 2.05) is 35.9 Å². The quantitative estimate of drug-likeness (QED) is 0.895. The van der Waals surface area contributed by atoms with Gasteiger partial charge in [0.2, 0.25) is 5.91 Å². The molecule has 1 saturated heterocycles. The predicted octanol–water partition coefficient (Wildman–Crippen LogP) is 2.03. The van der Waals surface area contributed by atoms with Gasteiger partial charge in [0.15, 0.2) is 0 Å². The van der Waals surface area contributed by atoms with Crippen molar-refractivity contribution in [1.29, 1.82) is 0 Å². The third kappa shape index (κ3) is 3.91. The van der Waals surface area contributed by atoms with Crippen molar-refractivity contribution >= 4 is 41.8 Å². The van der Waals surface area contributed by atoms with Crippen LogP contribution in [0.1, 0.15) is 18.7 Å². The zero-order chi connectivity index (χ0) is 13.9. The molecule has 5 nitrogen and oxygen atoms in total. The van der Waals surface area contributed by atoms with Gasteiger partial charge in [0, 0.05) is 13.0 Å². The van der Waals surface area contributed by atoms with Gasteiger partial charge in [-0.05, 0) is 38.1 Å². The second-order valence-electron chi connectivity index (χ2n) is 5.32. The van der Waals surface area contributed by atoms with Crippen molar-refractivity contribution in [3.05, 3.63) is 30.1 Å². The van der Waals surface area contributed by atoms with Crippen LogP contribution < -0.4 is 10.6 Å². The lowest BCUT2D eigenvalue weighted by molar-refractivity contribution is -0.125. The highest BCUT2D eigenvalue weighted by molar-refractivity contribution is 5.85. The molecule has 122 valence electrons. The smallest absolute Gasteiger partial charge is 0.223 e. The number of halogens is 2. The summed E-state index contributed by atoms with van der Waals surface area (Å²) in [5, 5.41) is 6.29. The van der Waals surface area contributed by atoms with Crippen LogP contribution in [0.3, 0.4) is 0 Å². The normalized spacial score (nSPS) is 15.0. The molecule has 0 spiro atoms. The molecule has 7 heteroatoms. The van der Waals surface area contributed by atoms with E-state index in [0.29, 0.717) is 6.54 Å². The summed E-state index contributed by atoms with van der Waals surface area (Å²) in [6.07, 6.45) is 1.85. The predicted molar refractivity (Wildman–Crippen MR) is 92.7 cm³/mol. The Hall–Kier alpha value is -1.30. The average molecular weight is 345 g/mol. The number of imidazole rings is 1. The third-order valence-electron chi connectivity index (χ3n) is 4.01. The number of nitrogens with one attached hydrogen (secondary N) is 2. The zero-order valence-corrected chi connectivity index (χ0v) is 14.2. The summed E-state index contributed by atoms with van der Waals surface area (Å²) >= 11 is 0. The van der Waals surface area contributed by atoms with Gasteiger partial charge in [-0.1, -0.05) is 12.1 Å². The van der Waals surface area contributed by atoms with Crippen LogP contribution >= 0.6 is 24.8 Å². The van der Waals surface area contributed by atoms with Crippen LogP contribution in [0, 0.1) is 5.92 Å². The molecule has 22 heavy (non-hydrogen) atoms. The van der Waals surface area contributed by atoms with E-state index >= 15 is 0 Å². The highest BCUT2D eigenvalue weighted by atomic mass is 35.5. The first kappa shape index (κ1) is 18.7. The number of hydrogen-bond donors (Lipinski definition) is 2. The first-order valence-corrected chi connectivity index (χ1v) is 7.14. The molecular weight excluding hydrogens is 323 g/mol. The summed E-state index contributed by atoms with van der Waals surface area (Å²) in [7, 11) is 1.99. The molecule has 1 amide bonds. The minimum Gasteiger partial charge on any atom is -0.349 e. The van der Waals surface area contributed by atoms with Gasteiger partial charge in [-0.15, -0.1) is 24.8 Å². The van der Waals surface area contributed by atoms with E-state index in [1.165, 1.54) is 0 Å². The Labute approximate surface area is 142 Å². The molecular formula is C15H22Cl2N4O. The van der Waals surface area contributed by atoms with E-state index in [1.54, 1.807) is 0 Å². The summed E-state index contributed by atoms with van der Waals surface area (Å²) in [6, 6.07) is 8.02. The molecule has 0 aliphatic carbocycles. The number of carbonyl (C=O) groups excluding carboxylic acids is 1. The summed E-state index contributed by atoms with van der Waals surface area (Å²) in [6.45, 7) is 2.36. The fraction of sp³-hybridized carbons (Fsp3) is 0.467. The van der Waals surface area contributed by atoms with Crippen molar-refractivity contribution in [3.8, 4) is 0 Å². The van der Waals surface area contributed by atoms with Gasteiger partial charge in [0.05, 0.1) is 17.6 Å².